The van der Waals surface area contributed by atoms with E-state index >= 15 is 0 Å². The Labute approximate surface area is 154 Å². The third-order valence-electron chi connectivity index (χ3n) is 5.49. The maximum atomic E-state index is 13.6. The predicted molar refractivity (Wildman–Crippen MR) is 99.1 cm³/mol. The molecule has 26 heavy (non-hydrogen) atoms. The van der Waals surface area contributed by atoms with Crippen LogP contribution in [0.15, 0.2) is 18.2 Å². The lowest BCUT2D eigenvalue weighted by molar-refractivity contribution is -0.117. The molecule has 2 fully saturated rings. The molecule has 144 valence electrons. The van der Waals surface area contributed by atoms with Crippen molar-refractivity contribution in [1.82, 2.24) is 9.80 Å². The van der Waals surface area contributed by atoms with Crippen molar-refractivity contribution in [3.05, 3.63) is 29.8 Å². The van der Waals surface area contributed by atoms with Gasteiger partial charge in [0, 0.05) is 25.7 Å². The average molecular weight is 365 g/mol. The van der Waals surface area contributed by atoms with E-state index in [1.165, 1.54) is 38.6 Å². The fourth-order valence-corrected chi connectivity index (χ4v) is 4.09. The van der Waals surface area contributed by atoms with Gasteiger partial charge in [-0.15, -0.1) is 0 Å². The molecular formula is C20H29F2N3O. The van der Waals surface area contributed by atoms with Crippen LogP contribution in [0.3, 0.4) is 0 Å². The second-order valence-electron chi connectivity index (χ2n) is 7.61. The summed E-state index contributed by atoms with van der Waals surface area (Å²) in [6.07, 6.45) is 7.84. The maximum Gasteiger partial charge on any atom is 0.238 e. The molecule has 1 saturated heterocycles. The number of carbonyl (C=O) groups is 1. The van der Waals surface area contributed by atoms with Crippen molar-refractivity contribution in [2.75, 3.05) is 44.6 Å². The molecule has 0 atom stereocenters. The molecule has 4 nitrogen and oxygen atoms in total. The van der Waals surface area contributed by atoms with E-state index in [9.17, 15) is 13.6 Å². The van der Waals surface area contributed by atoms with Crippen LogP contribution < -0.4 is 5.32 Å². The van der Waals surface area contributed by atoms with E-state index in [0.29, 0.717) is 0 Å². The smallest absolute Gasteiger partial charge is 0.238 e. The van der Waals surface area contributed by atoms with Gasteiger partial charge in [0.1, 0.15) is 11.6 Å². The minimum Gasteiger partial charge on any atom is -0.322 e. The predicted octanol–water partition coefficient (Wildman–Crippen LogP) is 3.49. The van der Waals surface area contributed by atoms with E-state index in [-0.39, 0.29) is 18.1 Å². The summed E-state index contributed by atoms with van der Waals surface area (Å²) in [6, 6.07) is 3.09. The van der Waals surface area contributed by atoms with Crippen LogP contribution in [0, 0.1) is 17.6 Å². The minimum atomic E-state index is -0.616. The molecule has 1 aromatic carbocycles. The van der Waals surface area contributed by atoms with Crippen molar-refractivity contribution in [3.8, 4) is 0 Å². The zero-order chi connectivity index (χ0) is 18.4. The molecule has 0 radical (unpaired) electrons. The second-order valence-corrected chi connectivity index (χ2v) is 7.61. The lowest BCUT2D eigenvalue weighted by Crippen LogP contribution is -2.37. The summed E-state index contributed by atoms with van der Waals surface area (Å²) in [5, 5.41) is 2.49. The van der Waals surface area contributed by atoms with Gasteiger partial charge in [-0.3, -0.25) is 9.69 Å². The van der Waals surface area contributed by atoms with E-state index < -0.39 is 11.6 Å². The number of nitrogens with one attached hydrogen (secondary N) is 1. The van der Waals surface area contributed by atoms with E-state index in [0.717, 1.165) is 56.7 Å². The molecule has 1 heterocycles. The van der Waals surface area contributed by atoms with Gasteiger partial charge >= 0.3 is 0 Å². The number of amides is 1. The Morgan fingerprint density at radius 3 is 2.54 bits per heavy atom. The molecule has 1 aliphatic carbocycles. The van der Waals surface area contributed by atoms with Crippen LogP contribution in [-0.2, 0) is 4.79 Å². The van der Waals surface area contributed by atoms with Crippen molar-refractivity contribution in [2.45, 2.75) is 38.5 Å². The van der Waals surface area contributed by atoms with Crippen molar-refractivity contribution in [2.24, 2.45) is 5.92 Å². The van der Waals surface area contributed by atoms with Crippen molar-refractivity contribution < 1.29 is 13.6 Å². The van der Waals surface area contributed by atoms with Gasteiger partial charge in [0.2, 0.25) is 5.91 Å². The summed E-state index contributed by atoms with van der Waals surface area (Å²) >= 11 is 0. The Kier molecular flexibility index (Phi) is 6.97. The molecule has 1 saturated carbocycles. The van der Waals surface area contributed by atoms with Crippen LogP contribution in [-0.4, -0.2) is 55.0 Å². The molecule has 0 unspecified atom stereocenters. The largest absolute Gasteiger partial charge is 0.322 e. The number of rotatable bonds is 5. The Morgan fingerprint density at radius 1 is 1.00 bits per heavy atom. The van der Waals surface area contributed by atoms with Gasteiger partial charge in [-0.05, 0) is 50.4 Å². The lowest BCUT2D eigenvalue weighted by Gasteiger charge is -2.28. The van der Waals surface area contributed by atoms with Crippen LogP contribution in [0.5, 0.6) is 0 Å². The standard InChI is InChI=1S/C20H29F2N3O/c21-17-7-8-18(22)19(13-17)23-20(26)15-25-10-4-9-24(11-12-25)14-16-5-2-1-3-6-16/h7-8,13,16H,1-6,9-12,14-15H2,(H,23,26). The quantitative estimate of drug-likeness (QED) is 0.868. The van der Waals surface area contributed by atoms with E-state index in [2.05, 4.69) is 15.1 Å². The van der Waals surface area contributed by atoms with Gasteiger partial charge in [0.15, 0.2) is 0 Å². The van der Waals surface area contributed by atoms with Crippen LogP contribution in [0.25, 0.3) is 0 Å². The molecular weight excluding hydrogens is 336 g/mol. The highest BCUT2D eigenvalue weighted by molar-refractivity contribution is 5.92. The first-order valence-electron chi connectivity index (χ1n) is 9.80. The van der Waals surface area contributed by atoms with Gasteiger partial charge in [-0.1, -0.05) is 19.3 Å². The van der Waals surface area contributed by atoms with Crippen molar-refractivity contribution in [1.29, 1.82) is 0 Å². The summed E-state index contributed by atoms with van der Waals surface area (Å²) in [5.74, 6) is -0.645. The summed E-state index contributed by atoms with van der Waals surface area (Å²) in [6.45, 7) is 5.14. The first-order valence-corrected chi connectivity index (χ1v) is 9.80. The third-order valence-corrected chi connectivity index (χ3v) is 5.49. The molecule has 3 rings (SSSR count). The second kappa shape index (κ2) is 9.42. The zero-order valence-electron chi connectivity index (χ0n) is 15.4. The molecule has 1 N–H and O–H groups in total. The topological polar surface area (TPSA) is 35.6 Å². The summed E-state index contributed by atoms with van der Waals surface area (Å²) in [5.41, 5.74) is -0.0938. The van der Waals surface area contributed by atoms with Crippen molar-refractivity contribution >= 4 is 11.6 Å². The first kappa shape index (κ1) is 19.2. The van der Waals surface area contributed by atoms with Crippen molar-refractivity contribution in [3.63, 3.8) is 0 Å². The Balaban J connectivity index is 1.45. The van der Waals surface area contributed by atoms with Gasteiger partial charge in [-0.25, -0.2) is 8.78 Å². The SMILES string of the molecule is O=C(CN1CCCN(CC2CCCCC2)CC1)Nc1cc(F)ccc1F. The fraction of sp³-hybridized carbons (Fsp3) is 0.650. The Hall–Kier alpha value is -1.53. The summed E-state index contributed by atoms with van der Waals surface area (Å²) < 4.78 is 26.9. The van der Waals surface area contributed by atoms with E-state index in [1.54, 1.807) is 0 Å². The highest BCUT2D eigenvalue weighted by atomic mass is 19.1. The minimum absolute atomic E-state index is 0.0938. The fourth-order valence-electron chi connectivity index (χ4n) is 4.09. The Bertz CT molecular complexity index is 605. The molecule has 1 amide bonds. The molecule has 1 aliphatic heterocycles. The monoisotopic (exact) mass is 365 g/mol. The zero-order valence-corrected chi connectivity index (χ0v) is 15.4. The highest BCUT2D eigenvalue weighted by Crippen LogP contribution is 2.24. The number of carbonyl (C=O) groups excluding carboxylic acids is 1. The summed E-state index contributed by atoms with van der Waals surface area (Å²) in [7, 11) is 0. The van der Waals surface area contributed by atoms with Crippen LogP contribution in [0.1, 0.15) is 38.5 Å². The molecule has 0 bridgehead atoms. The highest BCUT2D eigenvalue weighted by Gasteiger charge is 2.21. The normalized spacial score (nSPS) is 20.7. The summed E-state index contributed by atoms with van der Waals surface area (Å²) in [4.78, 5) is 16.8. The Morgan fingerprint density at radius 2 is 1.73 bits per heavy atom. The number of nitrogens with zero attached hydrogens (tertiary/aromatic N) is 2. The molecule has 0 aromatic heterocycles. The van der Waals surface area contributed by atoms with Gasteiger partial charge in [-0.2, -0.15) is 0 Å². The lowest BCUT2D eigenvalue weighted by atomic mass is 9.89. The number of hydrogen-bond donors (Lipinski definition) is 1. The third kappa shape index (κ3) is 5.74. The van der Waals surface area contributed by atoms with Gasteiger partial charge in [0.25, 0.3) is 0 Å². The first-order chi connectivity index (χ1) is 12.6. The number of benzene rings is 1. The molecule has 6 heteroatoms. The van der Waals surface area contributed by atoms with Gasteiger partial charge < -0.3 is 10.2 Å². The van der Waals surface area contributed by atoms with Gasteiger partial charge in [0.05, 0.1) is 12.2 Å². The number of anilines is 1. The van der Waals surface area contributed by atoms with Crippen LogP contribution in [0.2, 0.25) is 0 Å². The number of halogens is 2. The van der Waals surface area contributed by atoms with Crippen LogP contribution >= 0.6 is 0 Å². The molecule has 2 aliphatic rings. The average Bonchev–Trinajstić information content (AvgIpc) is 2.84. The molecule has 1 aromatic rings. The van der Waals surface area contributed by atoms with Crippen LogP contribution in [0.4, 0.5) is 14.5 Å². The van der Waals surface area contributed by atoms with E-state index in [4.69, 9.17) is 0 Å². The molecule has 0 spiro atoms. The maximum absolute atomic E-state index is 13.6. The number of hydrogen-bond acceptors (Lipinski definition) is 3. The van der Waals surface area contributed by atoms with E-state index in [1.807, 2.05) is 0 Å².